The van der Waals surface area contributed by atoms with Crippen molar-refractivity contribution in [1.82, 2.24) is 10.2 Å². The van der Waals surface area contributed by atoms with Gasteiger partial charge in [0.15, 0.2) is 0 Å². The van der Waals surface area contributed by atoms with E-state index < -0.39 is 0 Å². The largest absolute Gasteiger partial charge is 0.418 e. The Morgan fingerprint density at radius 1 is 1.00 bits per heavy atom. The van der Waals surface area contributed by atoms with E-state index in [0.29, 0.717) is 16.5 Å². The maximum absolute atomic E-state index is 13.6. The number of halogens is 2. The number of aryl methyl sites for hydroxylation is 1. The lowest BCUT2D eigenvalue weighted by Crippen LogP contribution is -2.14. The maximum atomic E-state index is 13.6. The zero-order chi connectivity index (χ0) is 20.2. The van der Waals surface area contributed by atoms with E-state index in [0.717, 1.165) is 17.7 Å². The summed E-state index contributed by atoms with van der Waals surface area (Å²) in [5.41, 5.74) is 3.62. The number of hydrogen-bond donors (Lipinski definition) is 1. The van der Waals surface area contributed by atoms with Crippen molar-refractivity contribution in [2.45, 2.75) is 19.4 Å². The highest BCUT2D eigenvalue weighted by Crippen LogP contribution is 2.30. The molecule has 0 radical (unpaired) electrons. The summed E-state index contributed by atoms with van der Waals surface area (Å²) >= 11 is 6.06. The van der Waals surface area contributed by atoms with E-state index in [2.05, 4.69) is 28.5 Å². The van der Waals surface area contributed by atoms with E-state index in [1.807, 2.05) is 42.5 Å². The average molecular weight is 408 g/mol. The Labute approximate surface area is 173 Å². The first-order chi connectivity index (χ1) is 14.1. The van der Waals surface area contributed by atoms with Crippen molar-refractivity contribution in [3.8, 4) is 11.5 Å². The second kappa shape index (κ2) is 8.45. The predicted molar refractivity (Wildman–Crippen MR) is 112 cm³/mol. The van der Waals surface area contributed by atoms with Crippen molar-refractivity contribution in [2.24, 2.45) is 0 Å². The quantitative estimate of drug-likeness (QED) is 0.408. The molecule has 0 saturated heterocycles. The molecule has 0 aliphatic carbocycles. The normalized spacial score (nSPS) is 12.0. The van der Waals surface area contributed by atoms with Crippen LogP contribution in [0.4, 0.5) is 10.1 Å². The van der Waals surface area contributed by atoms with Crippen molar-refractivity contribution in [3.63, 3.8) is 0 Å². The molecule has 3 aromatic carbocycles. The first-order valence-electron chi connectivity index (χ1n) is 9.33. The van der Waals surface area contributed by atoms with E-state index in [1.165, 1.54) is 17.7 Å². The molecule has 0 amide bonds. The molecule has 146 valence electrons. The van der Waals surface area contributed by atoms with Crippen LogP contribution in [0, 0.1) is 5.82 Å². The van der Waals surface area contributed by atoms with Gasteiger partial charge in [-0.25, -0.2) is 4.39 Å². The van der Waals surface area contributed by atoms with Crippen LogP contribution >= 0.6 is 11.6 Å². The number of aromatic nitrogens is 2. The standard InChI is InChI=1S/C23H19ClFN3O/c1-2-15-6-3-4-9-20(15)26-21(16-10-12-18(24)13-11-16)23-28-27-22(29-23)17-7-5-8-19(25)14-17/h3-14,21,26H,2H2,1H3/t21-/m1/s1. The second-order valence-corrected chi connectivity index (χ2v) is 7.03. The van der Waals surface area contributed by atoms with Crippen LogP contribution in [-0.2, 0) is 6.42 Å². The number of benzene rings is 3. The Hall–Kier alpha value is -3.18. The summed E-state index contributed by atoms with van der Waals surface area (Å²) in [5, 5.41) is 12.5. The zero-order valence-corrected chi connectivity index (χ0v) is 16.5. The number of para-hydroxylation sites is 1. The topological polar surface area (TPSA) is 51.0 Å². The smallest absolute Gasteiger partial charge is 0.247 e. The number of anilines is 1. The molecule has 1 heterocycles. The lowest BCUT2D eigenvalue weighted by molar-refractivity contribution is 0.493. The molecule has 1 aromatic heterocycles. The SMILES string of the molecule is CCc1ccccc1N[C@H](c1ccc(Cl)cc1)c1nnc(-c2cccc(F)c2)o1. The van der Waals surface area contributed by atoms with Gasteiger partial charge in [-0.15, -0.1) is 10.2 Å². The molecular formula is C23H19ClFN3O. The van der Waals surface area contributed by atoms with E-state index in [1.54, 1.807) is 12.1 Å². The molecule has 0 aliphatic rings. The third-order valence-electron chi connectivity index (χ3n) is 4.66. The fourth-order valence-corrected chi connectivity index (χ4v) is 3.28. The van der Waals surface area contributed by atoms with Gasteiger partial charge in [0.1, 0.15) is 11.9 Å². The Bertz CT molecular complexity index is 1110. The summed E-state index contributed by atoms with van der Waals surface area (Å²) < 4.78 is 19.5. The van der Waals surface area contributed by atoms with Crippen LogP contribution in [0.15, 0.2) is 77.2 Å². The summed E-state index contributed by atoms with van der Waals surface area (Å²) in [6.07, 6.45) is 0.884. The average Bonchev–Trinajstić information content (AvgIpc) is 3.23. The Morgan fingerprint density at radius 2 is 1.79 bits per heavy atom. The van der Waals surface area contributed by atoms with Crippen LogP contribution in [0.5, 0.6) is 0 Å². The monoisotopic (exact) mass is 407 g/mol. The molecule has 1 atom stereocenters. The van der Waals surface area contributed by atoms with Gasteiger partial charge in [0.25, 0.3) is 0 Å². The molecule has 6 heteroatoms. The number of nitrogens with one attached hydrogen (secondary N) is 1. The van der Waals surface area contributed by atoms with Gasteiger partial charge in [0, 0.05) is 16.3 Å². The summed E-state index contributed by atoms with van der Waals surface area (Å²) in [6, 6.07) is 21.3. The zero-order valence-electron chi connectivity index (χ0n) is 15.8. The molecule has 29 heavy (non-hydrogen) atoms. The minimum Gasteiger partial charge on any atom is -0.418 e. The molecule has 4 rings (SSSR count). The van der Waals surface area contributed by atoms with Gasteiger partial charge in [-0.1, -0.05) is 54.9 Å². The lowest BCUT2D eigenvalue weighted by Gasteiger charge is -2.19. The van der Waals surface area contributed by atoms with Crippen molar-refractivity contribution in [3.05, 3.63) is 101 Å². The van der Waals surface area contributed by atoms with Crippen molar-refractivity contribution < 1.29 is 8.81 Å². The maximum Gasteiger partial charge on any atom is 0.247 e. The first kappa shape index (κ1) is 19.2. The van der Waals surface area contributed by atoms with Crippen LogP contribution < -0.4 is 5.32 Å². The minimum absolute atomic E-state index is 0.268. The molecule has 0 fully saturated rings. The minimum atomic E-state index is -0.380. The molecule has 0 unspecified atom stereocenters. The summed E-state index contributed by atoms with van der Waals surface area (Å²) in [4.78, 5) is 0. The number of nitrogens with zero attached hydrogens (tertiary/aromatic N) is 2. The highest BCUT2D eigenvalue weighted by Gasteiger charge is 2.22. The van der Waals surface area contributed by atoms with Crippen molar-refractivity contribution in [1.29, 1.82) is 0 Å². The molecule has 0 saturated carbocycles. The summed E-state index contributed by atoms with van der Waals surface area (Å²) in [6.45, 7) is 2.10. The number of rotatable bonds is 6. The van der Waals surface area contributed by atoms with Gasteiger partial charge in [-0.05, 0) is 53.9 Å². The molecular weight excluding hydrogens is 389 g/mol. The van der Waals surface area contributed by atoms with E-state index in [4.69, 9.17) is 16.0 Å². The van der Waals surface area contributed by atoms with Gasteiger partial charge < -0.3 is 9.73 Å². The van der Waals surface area contributed by atoms with Gasteiger partial charge >= 0.3 is 0 Å². The molecule has 1 N–H and O–H groups in total. The third kappa shape index (κ3) is 4.30. The van der Waals surface area contributed by atoms with Crippen LogP contribution in [0.3, 0.4) is 0 Å². The molecule has 0 bridgehead atoms. The molecule has 4 aromatic rings. The van der Waals surface area contributed by atoms with Gasteiger partial charge in [0.2, 0.25) is 11.8 Å². The molecule has 0 spiro atoms. The second-order valence-electron chi connectivity index (χ2n) is 6.60. The van der Waals surface area contributed by atoms with Gasteiger partial charge in [-0.2, -0.15) is 0 Å². The molecule has 4 nitrogen and oxygen atoms in total. The lowest BCUT2D eigenvalue weighted by atomic mass is 10.0. The Balaban J connectivity index is 1.73. The fraction of sp³-hybridized carbons (Fsp3) is 0.130. The predicted octanol–water partition coefficient (Wildman–Crippen LogP) is 6.29. The van der Waals surface area contributed by atoms with Gasteiger partial charge in [-0.3, -0.25) is 0 Å². The fourth-order valence-electron chi connectivity index (χ4n) is 3.16. The van der Waals surface area contributed by atoms with E-state index >= 15 is 0 Å². The first-order valence-corrected chi connectivity index (χ1v) is 9.71. The number of hydrogen-bond acceptors (Lipinski definition) is 4. The summed E-state index contributed by atoms with van der Waals surface area (Å²) in [5.74, 6) is 0.299. The van der Waals surface area contributed by atoms with Crippen molar-refractivity contribution >= 4 is 17.3 Å². The van der Waals surface area contributed by atoms with Gasteiger partial charge in [0.05, 0.1) is 0 Å². The highest BCUT2D eigenvalue weighted by molar-refractivity contribution is 6.30. The summed E-state index contributed by atoms with van der Waals surface area (Å²) in [7, 11) is 0. The van der Waals surface area contributed by atoms with E-state index in [-0.39, 0.29) is 17.7 Å². The van der Waals surface area contributed by atoms with Crippen LogP contribution in [-0.4, -0.2) is 10.2 Å². The van der Waals surface area contributed by atoms with E-state index in [9.17, 15) is 4.39 Å². The van der Waals surface area contributed by atoms with Crippen LogP contribution in [0.25, 0.3) is 11.5 Å². The van der Waals surface area contributed by atoms with Crippen LogP contribution in [0.2, 0.25) is 5.02 Å². The van der Waals surface area contributed by atoms with Crippen molar-refractivity contribution in [2.75, 3.05) is 5.32 Å². The highest BCUT2D eigenvalue weighted by atomic mass is 35.5. The Kier molecular flexibility index (Phi) is 5.58. The van der Waals surface area contributed by atoms with Crippen LogP contribution in [0.1, 0.15) is 30.0 Å². The Morgan fingerprint density at radius 3 is 2.55 bits per heavy atom. The third-order valence-corrected chi connectivity index (χ3v) is 4.91. The molecule has 0 aliphatic heterocycles.